The summed E-state index contributed by atoms with van der Waals surface area (Å²) in [5, 5.41) is 0. The van der Waals surface area contributed by atoms with Gasteiger partial charge >= 0.3 is 0 Å². The molecule has 5 nitrogen and oxygen atoms in total. The van der Waals surface area contributed by atoms with Crippen molar-refractivity contribution in [1.82, 2.24) is 9.47 Å². The Bertz CT molecular complexity index is 982. The number of hydrogen-bond acceptors (Lipinski definition) is 3. The third-order valence-corrected chi connectivity index (χ3v) is 7.63. The average molecular weight is 467 g/mol. The number of rotatable bonds is 6. The molecule has 28 heavy (non-hydrogen) atoms. The van der Waals surface area contributed by atoms with Gasteiger partial charge in [-0.05, 0) is 51.0 Å². The Balaban J connectivity index is 1.96. The van der Waals surface area contributed by atoms with Gasteiger partial charge in [-0.3, -0.25) is 4.79 Å². The third kappa shape index (κ3) is 4.35. The van der Waals surface area contributed by atoms with Crippen LogP contribution in [0.4, 0.5) is 0 Å². The van der Waals surface area contributed by atoms with Gasteiger partial charge in [-0.15, -0.1) is 0 Å². The highest BCUT2D eigenvalue weighted by Crippen LogP contribution is 2.26. The van der Waals surface area contributed by atoms with Gasteiger partial charge in [-0.25, -0.2) is 8.42 Å². The fourth-order valence-corrected chi connectivity index (χ4v) is 6.06. The van der Waals surface area contributed by atoms with E-state index in [1.807, 2.05) is 44.2 Å². The van der Waals surface area contributed by atoms with E-state index in [0.717, 1.165) is 34.4 Å². The maximum absolute atomic E-state index is 13.4. The van der Waals surface area contributed by atoms with Gasteiger partial charge in [0.05, 0.1) is 17.1 Å². The van der Waals surface area contributed by atoms with Crippen LogP contribution in [0.5, 0.6) is 0 Å². The van der Waals surface area contributed by atoms with Gasteiger partial charge in [-0.2, -0.15) is 0 Å². The highest BCUT2D eigenvalue weighted by Gasteiger charge is 2.35. The van der Waals surface area contributed by atoms with Crippen molar-refractivity contribution >= 4 is 31.7 Å². The van der Waals surface area contributed by atoms with Crippen molar-refractivity contribution in [3.05, 3.63) is 51.8 Å². The molecule has 0 spiro atoms. The predicted octanol–water partition coefficient (Wildman–Crippen LogP) is 4.29. The second kappa shape index (κ2) is 8.41. The lowest BCUT2D eigenvalue weighted by atomic mass is 10.1. The SMILES string of the molecule is CCCCN(C(=O)c1cc(C)n(-c2cccc(Br)c2)c1C)C1CCS(=O)(=O)C1. The summed E-state index contributed by atoms with van der Waals surface area (Å²) in [6.45, 7) is 6.61. The number of aromatic nitrogens is 1. The number of amides is 1. The molecule has 1 fully saturated rings. The number of sulfone groups is 1. The lowest BCUT2D eigenvalue weighted by molar-refractivity contribution is 0.0693. The first-order valence-corrected chi connectivity index (χ1v) is 12.3. The fraction of sp³-hybridized carbons (Fsp3) is 0.476. The third-order valence-electron chi connectivity index (χ3n) is 5.39. The summed E-state index contributed by atoms with van der Waals surface area (Å²) in [7, 11) is -3.05. The molecule has 1 aromatic carbocycles. The number of halogens is 1. The standard InChI is InChI=1S/C21H27BrN2O3S/c1-4-5-10-23(19-9-11-28(26,27)14-19)21(25)20-12-15(2)24(16(20)3)18-8-6-7-17(22)13-18/h6-8,12-13,19H,4-5,9-11,14H2,1-3H3. The molecule has 1 aromatic heterocycles. The number of aryl methyl sites for hydroxylation is 1. The highest BCUT2D eigenvalue weighted by molar-refractivity contribution is 9.10. The van der Waals surface area contributed by atoms with Crippen molar-refractivity contribution in [3.8, 4) is 5.69 Å². The summed E-state index contributed by atoms with van der Waals surface area (Å²) in [4.78, 5) is 15.2. The van der Waals surface area contributed by atoms with E-state index in [1.54, 1.807) is 4.90 Å². The minimum Gasteiger partial charge on any atom is -0.335 e. The van der Waals surface area contributed by atoms with Crippen molar-refractivity contribution in [1.29, 1.82) is 0 Å². The zero-order chi connectivity index (χ0) is 20.5. The van der Waals surface area contributed by atoms with Gasteiger partial charge in [0.15, 0.2) is 9.84 Å². The zero-order valence-corrected chi connectivity index (χ0v) is 19.0. The molecular weight excluding hydrogens is 440 g/mol. The summed E-state index contributed by atoms with van der Waals surface area (Å²) in [5.41, 5.74) is 3.50. The molecule has 0 saturated carbocycles. The fourth-order valence-electron chi connectivity index (χ4n) is 3.95. The van der Waals surface area contributed by atoms with Crippen molar-refractivity contribution < 1.29 is 13.2 Å². The largest absolute Gasteiger partial charge is 0.335 e. The zero-order valence-electron chi connectivity index (χ0n) is 16.6. The van der Waals surface area contributed by atoms with Crippen LogP contribution in [0.25, 0.3) is 5.69 Å². The molecule has 0 N–H and O–H groups in total. The maximum Gasteiger partial charge on any atom is 0.255 e. The van der Waals surface area contributed by atoms with Gasteiger partial charge in [-0.1, -0.05) is 35.3 Å². The second-order valence-electron chi connectivity index (χ2n) is 7.51. The molecule has 1 amide bonds. The number of carbonyl (C=O) groups is 1. The Labute approximate surface area is 175 Å². The van der Waals surface area contributed by atoms with E-state index in [-0.39, 0.29) is 23.5 Å². The first-order chi connectivity index (χ1) is 13.2. The first-order valence-electron chi connectivity index (χ1n) is 9.69. The lowest BCUT2D eigenvalue weighted by Gasteiger charge is -2.28. The molecule has 3 rings (SSSR count). The number of hydrogen-bond donors (Lipinski definition) is 0. The minimum absolute atomic E-state index is 0.0649. The van der Waals surface area contributed by atoms with Crippen LogP contribution < -0.4 is 0 Å². The van der Waals surface area contributed by atoms with Gasteiger partial charge in [0.25, 0.3) is 5.91 Å². The van der Waals surface area contributed by atoms with Crippen LogP contribution in [0.2, 0.25) is 0 Å². The Morgan fingerprint density at radius 3 is 2.64 bits per heavy atom. The van der Waals surface area contributed by atoms with E-state index in [2.05, 4.69) is 27.4 Å². The van der Waals surface area contributed by atoms with Crippen LogP contribution in [-0.4, -0.2) is 47.9 Å². The molecular formula is C21H27BrN2O3S. The van der Waals surface area contributed by atoms with Crippen molar-refractivity contribution in [2.45, 2.75) is 46.1 Å². The average Bonchev–Trinajstić information content (AvgIpc) is 3.13. The van der Waals surface area contributed by atoms with E-state index in [0.29, 0.717) is 18.5 Å². The number of nitrogens with zero attached hydrogens (tertiary/aromatic N) is 2. The van der Waals surface area contributed by atoms with E-state index in [4.69, 9.17) is 0 Å². The first kappa shape index (κ1) is 21.1. The maximum atomic E-state index is 13.4. The van der Waals surface area contributed by atoms with Crippen LogP contribution in [0.15, 0.2) is 34.8 Å². The van der Waals surface area contributed by atoms with Crippen LogP contribution in [0.1, 0.15) is 47.9 Å². The Morgan fingerprint density at radius 1 is 1.29 bits per heavy atom. The molecule has 1 aliphatic heterocycles. The number of carbonyl (C=O) groups excluding carboxylic acids is 1. The summed E-state index contributed by atoms with van der Waals surface area (Å²) < 4.78 is 27.0. The summed E-state index contributed by atoms with van der Waals surface area (Å²) in [6.07, 6.45) is 2.36. The molecule has 2 aromatic rings. The molecule has 0 bridgehead atoms. The van der Waals surface area contributed by atoms with Crippen LogP contribution >= 0.6 is 15.9 Å². The molecule has 1 aliphatic rings. The monoisotopic (exact) mass is 466 g/mol. The predicted molar refractivity (Wildman–Crippen MR) is 116 cm³/mol. The molecule has 7 heteroatoms. The summed E-state index contributed by atoms with van der Waals surface area (Å²) in [5.74, 6) is 0.183. The Hall–Kier alpha value is -1.60. The van der Waals surface area contributed by atoms with Gasteiger partial charge in [0, 0.05) is 34.1 Å². The molecule has 0 aliphatic carbocycles. The number of unbranched alkanes of at least 4 members (excludes halogenated alkanes) is 1. The van der Waals surface area contributed by atoms with Crippen molar-refractivity contribution in [2.24, 2.45) is 0 Å². The summed E-state index contributed by atoms with van der Waals surface area (Å²) >= 11 is 3.51. The van der Waals surface area contributed by atoms with Crippen LogP contribution in [-0.2, 0) is 9.84 Å². The molecule has 1 atom stereocenters. The highest BCUT2D eigenvalue weighted by atomic mass is 79.9. The Kier molecular flexibility index (Phi) is 6.34. The van der Waals surface area contributed by atoms with Crippen LogP contribution in [0, 0.1) is 13.8 Å². The molecule has 0 radical (unpaired) electrons. The van der Waals surface area contributed by atoms with Gasteiger partial charge in [0.1, 0.15) is 0 Å². The molecule has 1 saturated heterocycles. The van der Waals surface area contributed by atoms with Crippen LogP contribution in [0.3, 0.4) is 0 Å². The smallest absolute Gasteiger partial charge is 0.255 e. The van der Waals surface area contributed by atoms with E-state index >= 15 is 0 Å². The summed E-state index contributed by atoms with van der Waals surface area (Å²) in [6, 6.07) is 9.66. The molecule has 152 valence electrons. The van der Waals surface area contributed by atoms with Crippen molar-refractivity contribution in [2.75, 3.05) is 18.1 Å². The lowest BCUT2D eigenvalue weighted by Crippen LogP contribution is -2.42. The normalized spacial score (nSPS) is 18.4. The quantitative estimate of drug-likeness (QED) is 0.637. The molecule has 2 heterocycles. The second-order valence-corrected chi connectivity index (χ2v) is 10.7. The van der Waals surface area contributed by atoms with E-state index in [9.17, 15) is 13.2 Å². The van der Waals surface area contributed by atoms with E-state index in [1.165, 1.54) is 0 Å². The van der Waals surface area contributed by atoms with E-state index < -0.39 is 9.84 Å². The van der Waals surface area contributed by atoms with Gasteiger partial charge < -0.3 is 9.47 Å². The van der Waals surface area contributed by atoms with Gasteiger partial charge in [0.2, 0.25) is 0 Å². The minimum atomic E-state index is -3.05. The Morgan fingerprint density at radius 2 is 2.04 bits per heavy atom. The topological polar surface area (TPSA) is 59.4 Å². The van der Waals surface area contributed by atoms with Crippen molar-refractivity contribution in [3.63, 3.8) is 0 Å². The number of benzene rings is 1. The molecule has 1 unspecified atom stereocenters.